The summed E-state index contributed by atoms with van der Waals surface area (Å²) in [7, 11) is 0. The average Bonchev–Trinajstić information content (AvgIpc) is 2.67. The van der Waals surface area contributed by atoms with Crippen molar-refractivity contribution in [1.29, 1.82) is 0 Å². The number of halogens is 1. The molecular weight excluding hydrogens is 352 g/mol. The molecule has 2 heterocycles. The number of aliphatic hydroxyl groups excluding tert-OH is 1. The zero-order valence-electron chi connectivity index (χ0n) is 14.5. The summed E-state index contributed by atoms with van der Waals surface area (Å²) in [4.78, 5) is 17.4. The number of hydrogen-bond acceptors (Lipinski definition) is 4. The SMILES string of the molecule is O=C(O)c1nc(N2CCC([C@@H](O)CCc3ccccc3)CC2)ccc1Cl. The molecule has 1 saturated heterocycles. The average molecular weight is 375 g/mol. The van der Waals surface area contributed by atoms with Crippen molar-refractivity contribution in [3.8, 4) is 0 Å². The van der Waals surface area contributed by atoms with E-state index in [1.165, 1.54) is 5.56 Å². The standard InChI is InChI=1S/C20H23ClN2O3/c21-16-7-9-18(22-19(16)20(25)26)23-12-10-15(11-13-23)17(24)8-6-14-4-2-1-3-5-14/h1-5,7,9,15,17,24H,6,8,10-13H2,(H,25,26)/t17-/m0/s1. The van der Waals surface area contributed by atoms with E-state index in [4.69, 9.17) is 16.7 Å². The lowest BCUT2D eigenvalue weighted by atomic mass is 9.88. The number of benzene rings is 1. The van der Waals surface area contributed by atoms with Gasteiger partial charge in [-0.05, 0) is 49.3 Å². The van der Waals surface area contributed by atoms with Crippen LogP contribution in [0.25, 0.3) is 0 Å². The molecule has 0 amide bonds. The molecule has 0 spiro atoms. The van der Waals surface area contributed by atoms with Crippen molar-refractivity contribution in [2.45, 2.75) is 31.8 Å². The molecule has 26 heavy (non-hydrogen) atoms. The number of piperidine rings is 1. The molecule has 3 rings (SSSR count). The van der Waals surface area contributed by atoms with E-state index in [0.29, 0.717) is 5.82 Å². The normalized spacial score (nSPS) is 16.5. The third-order valence-electron chi connectivity index (χ3n) is 5.01. The van der Waals surface area contributed by atoms with Gasteiger partial charge in [-0.1, -0.05) is 41.9 Å². The molecule has 1 aromatic carbocycles. The number of nitrogens with zero attached hydrogens (tertiary/aromatic N) is 2. The lowest BCUT2D eigenvalue weighted by Gasteiger charge is -2.35. The molecule has 1 aliphatic heterocycles. The number of aliphatic hydroxyl groups is 1. The second kappa shape index (κ2) is 8.52. The van der Waals surface area contributed by atoms with Crippen LogP contribution in [0.15, 0.2) is 42.5 Å². The Morgan fingerprint density at radius 1 is 1.19 bits per heavy atom. The van der Waals surface area contributed by atoms with Gasteiger partial charge < -0.3 is 15.1 Å². The second-order valence-corrected chi connectivity index (χ2v) is 7.13. The lowest BCUT2D eigenvalue weighted by molar-refractivity contribution is 0.0691. The topological polar surface area (TPSA) is 73.7 Å². The number of carbonyl (C=O) groups is 1. The third kappa shape index (κ3) is 4.54. The van der Waals surface area contributed by atoms with E-state index in [0.717, 1.165) is 38.8 Å². The van der Waals surface area contributed by atoms with Gasteiger partial charge >= 0.3 is 5.97 Å². The minimum atomic E-state index is -1.12. The van der Waals surface area contributed by atoms with Crippen LogP contribution in [0.3, 0.4) is 0 Å². The first-order valence-electron chi connectivity index (χ1n) is 8.91. The highest BCUT2D eigenvalue weighted by Crippen LogP contribution is 2.27. The van der Waals surface area contributed by atoms with Gasteiger partial charge in [0.1, 0.15) is 5.82 Å². The van der Waals surface area contributed by atoms with Crippen LogP contribution in [0.4, 0.5) is 5.82 Å². The maximum absolute atomic E-state index is 11.2. The summed E-state index contributed by atoms with van der Waals surface area (Å²) in [5.41, 5.74) is 1.13. The molecule has 2 aromatic rings. The maximum atomic E-state index is 11.2. The summed E-state index contributed by atoms with van der Waals surface area (Å²) in [6.45, 7) is 1.50. The molecule has 0 bridgehead atoms. The van der Waals surface area contributed by atoms with Crippen molar-refractivity contribution in [3.05, 3.63) is 58.7 Å². The number of anilines is 1. The Labute approximate surface area is 158 Å². The molecule has 0 aliphatic carbocycles. The molecule has 5 nitrogen and oxygen atoms in total. The summed E-state index contributed by atoms with van der Waals surface area (Å²) in [5.74, 6) is -0.228. The molecule has 0 unspecified atom stereocenters. The summed E-state index contributed by atoms with van der Waals surface area (Å²) in [5, 5.41) is 19.8. The smallest absolute Gasteiger partial charge is 0.356 e. The van der Waals surface area contributed by atoms with Gasteiger partial charge in [-0.25, -0.2) is 9.78 Å². The Balaban J connectivity index is 1.54. The minimum absolute atomic E-state index is 0.116. The van der Waals surface area contributed by atoms with Crippen molar-refractivity contribution in [2.75, 3.05) is 18.0 Å². The zero-order chi connectivity index (χ0) is 18.5. The van der Waals surface area contributed by atoms with E-state index in [9.17, 15) is 9.90 Å². The second-order valence-electron chi connectivity index (χ2n) is 6.72. The fraction of sp³-hybridized carbons (Fsp3) is 0.400. The Morgan fingerprint density at radius 2 is 1.88 bits per heavy atom. The van der Waals surface area contributed by atoms with Gasteiger partial charge in [0.2, 0.25) is 0 Å². The van der Waals surface area contributed by atoms with Crippen LogP contribution in [0.1, 0.15) is 35.3 Å². The maximum Gasteiger partial charge on any atom is 0.356 e. The first-order chi connectivity index (χ1) is 12.5. The Bertz CT molecular complexity index is 746. The number of pyridine rings is 1. The molecule has 2 N–H and O–H groups in total. The highest BCUT2D eigenvalue weighted by atomic mass is 35.5. The van der Waals surface area contributed by atoms with Crippen LogP contribution in [0.5, 0.6) is 0 Å². The number of carboxylic acid groups (broad SMARTS) is 1. The van der Waals surface area contributed by atoms with Crippen LogP contribution in [-0.2, 0) is 6.42 Å². The highest BCUT2D eigenvalue weighted by Gasteiger charge is 2.26. The molecule has 1 fully saturated rings. The number of rotatable bonds is 6. The van der Waals surface area contributed by atoms with E-state index in [-0.39, 0.29) is 22.7 Å². The Morgan fingerprint density at radius 3 is 2.54 bits per heavy atom. The summed E-state index contributed by atoms with van der Waals surface area (Å²) in [6, 6.07) is 13.5. The van der Waals surface area contributed by atoms with Crippen LogP contribution < -0.4 is 4.90 Å². The Hall–Kier alpha value is -2.11. The van der Waals surface area contributed by atoms with E-state index in [2.05, 4.69) is 22.0 Å². The Kier molecular flexibility index (Phi) is 6.12. The quantitative estimate of drug-likeness (QED) is 0.807. The van der Waals surface area contributed by atoms with Gasteiger partial charge in [-0.3, -0.25) is 0 Å². The van der Waals surface area contributed by atoms with Crippen molar-refractivity contribution >= 4 is 23.4 Å². The minimum Gasteiger partial charge on any atom is -0.476 e. The molecule has 0 saturated carbocycles. The summed E-state index contributed by atoms with van der Waals surface area (Å²) < 4.78 is 0. The lowest BCUT2D eigenvalue weighted by Crippen LogP contribution is -2.38. The highest BCUT2D eigenvalue weighted by molar-refractivity contribution is 6.33. The van der Waals surface area contributed by atoms with Crippen LogP contribution >= 0.6 is 11.6 Å². The fourth-order valence-electron chi connectivity index (χ4n) is 3.47. The fourth-order valence-corrected chi connectivity index (χ4v) is 3.65. The molecular formula is C20H23ClN2O3. The van der Waals surface area contributed by atoms with Gasteiger partial charge in [-0.15, -0.1) is 0 Å². The van der Waals surface area contributed by atoms with Gasteiger partial charge in [0.05, 0.1) is 11.1 Å². The first-order valence-corrected chi connectivity index (χ1v) is 9.29. The van der Waals surface area contributed by atoms with E-state index >= 15 is 0 Å². The van der Waals surface area contributed by atoms with Gasteiger partial charge in [-0.2, -0.15) is 0 Å². The van der Waals surface area contributed by atoms with Crippen molar-refractivity contribution in [2.24, 2.45) is 5.92 Å². The van der Waals surface area contributed by atoms with Crippen LogP contribution in [0, 0.1) is 5.92 Å². The van der Waals surface area contributed by atoms with Gasteiger partial charge in [0.15, 0.2) is 5.69 Å². The van der Waals surface area contributed by atoms with Gasteiger partial charge in [0, 0.05) is 13.1 Å². The van der Waals surface area contributed by atoms with Gasteiger partial charge in [0.25, 0.3) is 0 Å². The number of aromatic carboxylic acids is 1. The predicted octanol–water partition coefficient (Wildman–Crippen LogP) is 3.64. The number of hydrogen-bond donors (Lipinski definition) is 2. The predicted molar refractivity (Wildman–Crippen MR) is 102 cm³/mol. The molecule has 138 valence electrons. The third-order valence-corrected chi connectivity index (χ3v) is 5.32. The monoisotopic (exact) mass is 374 g/mol. The number of aryl methyl sites for hydroxylation is 1. The number of carboxylic acids is 1. The molecule has 0 radical (unpaired) electrons. The van der Waals surface area contributed by atoms with Crippen molar-refractivity contribution in [3.63, 3.8) is 0 Å². The van der Waals surface area contributed by atoms with E-state index in [1.54, 1.807) is 12.1 Å². The van der Waals surface area contributed by atoms with E-state index < -0.39 is 5.97 Å². The summed E-state index contributed by atoms with van der Waals surface area (Å²) >= 11 is 5.89. The van der Waals surface area contributed by atoms with Crippen LogP contribution in [0.2, 0.25) is 5.02 Å². The zero-order valence-corrected chi connectivity index (χ0v) is 15.3. The molecule has 1 atom stereocenters. The first kappa shape index (κ1) is 18.7. The largest absolute Gasteiger partial charge is 0.476 e. The van der Waals surface area contributed by atoms with Crippen molar-refractivity contribution in [1.82, 2.24) is 4.98 Å². The van der Waals surface area contributed by atoms with Crippen molar-refractivity contribution < 1.29 is 15.0 Å². The van der Waals surface area contributed by atoms with Crippen LogP contribution in [-0.4, -0.2) is 40.4 Å². The molecule has 1 aliphatic rings. The molecule has 1 aromatic heterocycles. The molecule has 6 heteroatoms. The number of aromatic nitrogens is 1. The van der Waals surface area contributed by atoms with E-state index in [1.807, 2.05) is 18.2 Å². The summed E-state index contributed by atoms with van der Waals surface area (Å²) in [6.07, 6.45) is 3.05.